The van der Waals surface area contributed by atoms with Gasteiger partial charge in [-0.25, -0.2) is 14.0 Å². The third-order valence-electron chi connectivity index (χ3n) is 6.54. The Hall–Kier alpha value is -3.23. The summed E-state index contributed by atoms with van der Waals surface area (Å²) in [5.74, 6) is -0.834. The van der Waals surface area contributed by atoms with Crippen LogP contribution in [0.4, 0.5) is 9.18 Å². The SMILES string of the molecule is CCOC(=O)C1=C(CN2CCN(Cc3ccccc3)CC2)N(CC)C(=O)N[C@@H]1c1ccc(F)cc1. The van der Waals surface area contributed by atoms with E-state index in [2.05, 4.69) is 39.4 Å². The highest BCUT2D eigenvalue weighted by Gasteiger charge is 2.38. The lowest BCUT2D eigenvalue weighted by Crippen LogP contribution is -2.53. The number of likely N-dealkylation sites (N-methyl/N-ethyl adjacent to an activating group) is 1. The van der Waals surface area contributed by atoms with Gasteiger partial charge in [-0.2, -0.15) is 0 Å². The minimum atomic E-state index is -0.695. The molecular formula is C27H33FN4O3. The highest BCUT2D eigenvalue weighted by molar-refractivity contribution is 5.95. The van der Waals surface area contributed by atoms with Crippen LogP contribution in [-0.4, -0.2) is 72.6 Å². The molecule has 2 heterocycles. The number of carbonyl (C=O) groups is 2. The Bertz CT molecular complexity index is 1050. The van der Waals surface area contributed by atoms with Crippen LogP contribution in [0.3, 0.4) is 0 Å². The van der Waals surface area contributed by atoms with E-state index < -0.39 is 12.0 Å². The van der Waals surface area contributed by atoms with Crippen molar-refractivity contribution in [2.75, 3.05) is 45.9 Å². The molecule has 0 aliphatic carbocycles. The Kier molecular flexibility index (Phi) is 8.15. The fraction of sp³-hybridized carbons (Fsp3) is 0.407. The lowest BCUT2D eigenvalue weighted by atomic mass is 9.94. The first-order chi connectivity index (χ1) is 17.0. The Morgan fingerprint density at radius 1 is 0.971 bits per heavy atom. The molecule has 2 aromatic carbocycles. The Labute approximate surface area is 206 Å². The molecule has 35 heavy (non-hydrogen) atoms. The number of hydrogen-bond acceptors (Lipinski definition) is 5. The van der Waals surface area contributed by atoms with Crippen LogP contribution in [0, 0.1) is 5.82 Å². The van der Waals surface area contributed by atoms with Gasteiger partial charge in [-0.15, -0.1) is 0 Å². The number of amides is 2. The van der Waals surface area contributed by atoms with Crippen molar-refractivity contribution in [1.29, 1.82) is 0 Å². The van der Waals surface area contributed by atoms with Crippen LogP contribution in [0.5, 0.6) is 0 Å². The van der Waals surface area contributed by atoms with Gasteiger partial charge in [-0.05, 0) is 37.1 Å². The van der Waals surface area contributed by atoms with Crippen molar-refractivity contribution >= 4 is 12.0 Å². The van der Waals surface area contributed by atoms with Gasteiger partial charge >= 0.3 is 12.0 Å². The zero-order valence-electron chi connectivity index (χ0n) is 20.4. The van der Waals surface area contributed by atoms with Gasteiger partial charge in [0.1, 0.15) is 5.82 Å². The molecule has 0 bridgehead atoms. The molecule has 2 aliphatic heterocycles. The number of halogens is 1. The van der Waals surface area contributed by atoms with Gasteiger partial charge in [0.25, 0.3) is 0 Å². The van der Waals surface area contributed by atoms with E-state index in [9.17, 15) is 14.0 Å². The molecule has 2 aromatic rings. The predicted octanol–water partition coefficient (Wildman–Crippen LogP) is 3.55. The summed E-state index contributed by atoms with van der Waals surface area (Å²) in [7, 11) is 0. The first-order valence-electron chi connectivity index (χ1n) is 12.2. The summed E-state index contributed by atoms with van der Waals surface area (Å²) < 4.78 is 19.0. The van der Waals surface area contributed by atoms with E-state index in [0.717, 1.165) is 32.7 Å². The van der Waals surface area contributed by atoms with Crippen LogP contribution in [0.25, 0.3) is 0 Å². The molecule has 0 radical (unpaired) electrons. The van der Waals surface area contributed by atoms with Crippen molar-refractivity contribution in [3.63, 3.8) is 0 Å². The fourth-order valence-corrected chi connectivity index (χ4v) is 4.72. The molecule has 0 aromatic heterocycles. The van der Waals surface area contributed by atoms with Crippen LogP contribution in [0.15, 0.2) is 65.9 Å². The maximum absolute atomic E-state index is 13.6. The number of benzene rings is 2. The number of hydrogen-bond donors (Lipinski definition) is 1. The van der Waals surface area contributed by atoms with Crippen LogP contribution in [0.2, 0.25) is 0 Å². The monoisotopic (exact) mass is 480 g/mol. The quantitative estimate of drug-likeness (QED) is 0.586. The van der Waals surface area contributed by atoms with E-state index in [-0.39, 0.29) is 18.5 Å². The van der Waals surface area contributed by atoms with E-state index in [1.807, 2.05) is 13.0 Å². The first kappa shape index (κ1) is 24.9. The molecule has 0 spiro atoms. The number of nitrogens with one attached hydrogen (secondary N) is 1. The van der Waals surface area contributed by atoms with Gasteiger partial charge in [0.05, 0.1) is 18.2 Å². The average molecular weight is 481 g/mol. The maximum Gasteiger partial charge on any atom is 0.338 e. The minimum Gasteiger partial charge on any atom is -0.463 e. The van der Waals surface area contributed by atoms with Gasteiger partial charge in [-0.3, -0.25) is 14.7 Å². The summed E-state index contributed by atoms with van der Waals surface area (Å²) in [5, 5.41) is 2.92. The minimum absolute atomic E-state index is 0.226. The zero-order valence-corrected chi connectivity index (χ0v) is 20.4. The molecule has 2 aliphatic rings. The molecule has 8 heteroatoms. The summed E-state index contributed by atoms with van der Waals surface area (Å²) >= 11 is 0. The number of ether oxygens (including phenoxy) is 1. The highest BCUT2D eigenvalue weighted by atomic mass is 19.1. The third kappa shape index (κ3) is 5.89. The topological polar surface area (TPSA) is 65.1 Å². The van der Waals surface area contributed by atoms with Crippen LogP contribution in [-0.2, 0) is 16.1 Å². The number of carbonyl (C=O) groups excluding carboxylic acids is 2. The van der Waals surface area contributed by atoms with Gasteiger partial charge < -0.3 is 10.1 Å². The zero-order chi connectivity index (χ0) is 24.8. The Balaban J connectivity index is 1.58. The molecule has 4 rings (SSSR count). The second kappa shape index (κ2) is 11.5. The van der Waals surface area contributed by atoms with Crippen LogP contribution < -0.4 is 5.32 Å². The molecule has 0 unspecified atom stereocenters. The van der Waals surface area contributed by atoms with Crippen molar-refractivity contribution in [2.24, 2.45) is 0 Å². The standard InChI is InChI=1S/C27H33FN4O3/c1-3-32-23(19-31-16-14-30(15-17-31)18-20-8-6-5-7-9-20)24(26(33)35-4-2)25(29-27(32)34)21-10-12-22(28)13-11-21/h5-13,25H,3-4,14-19H2,1-2H3,(H,29,34)/t25-/m1/s1. The summed E-state index contributed by atoms with van der Waals surface area (Å²) in [6.45, 7) is 9.12. The van der Waals surface area contributed by atoms with Crippen molar-refractivity contribution < 1.29 is 18.7 Å². The van der Waals surface area contributed by atoms with E-state index in [0.29, 0.717) is 29.9 Å². The van der Waals surface area contributed by atoms with E-state index in [4.69, 9.17) is 4.74 Å². The van der Waals surface area contributed by atoms with Gasteiger partial charge in [0.15, 0.2) is 0 Å². The second-order valence-electron chi connectivity index (χ2n) is 8.80. The highest BCUT2D eigenvalue weighted by Crippen LogP contribution is 2.32. The molecule has 2 amide bonds. The second-order valence-corrected chi connectivity index (χ2v) is 8.80. The van der Waals surface area contributed by atoms with Crippen molar-refractivity contribution in [3.8, 4) is 0 Å². The van der Waals surface area contributed by atoms with Crippen LogP contribution in [0.1, 0.15) is 31.0 Å². The lowest BCUT2D eigenvalue weighted by Gasteiger charge is -2.40. The summed E-state index contributed by atoms with van der Waals surface area (Å²) in [5.41, 5.74) is 2.99. The molecule has 1 saturated heterocycles. The number of rotatable bonds is 8. The predicted molar refractivity (Wildman–Crippen MR) is 132 cm³/mol. The smallest absolute Gasteiger partial charge is 0.338 e. The largest absolute Gasteiger partial charge is 0.463 e. The van der Waals surface area contributed by atoms with Crippen molar-refractivity contribution in [3.05, 3.63) is 82.8 Å². The average Bonchev–Trinajstić information content (AvgIpc) is 2.86. The van der Waals surface area contributed by atoms with Crippen LogP contribution >= 0.6 is 0 Å². The van der Waals surface area contributed by atoms with E-state index in [1.165, 1.54) is 17.7 Å². The Morgan fingerprint density at radius 2 is 1.60 bits per heavy atom. The molecule has 1 N–H and O–H groups in total. The van der Waals surface area contributed by atoms with E-state index in [1.54, 1.807) is 24.0 Å². The van der Waals surface area contributed by atoms with Gasteiger partial charge in [0.2, 0.25) is 0 Å². The molecule has 1 fully saturated rings. The van der Waals surface area contributed by atoms with Crippen molar-refractivity contribution in [2.45, 2.75) is 26.4 Å². The van der Waals surface area contributed by atoms with E-state index >= 15 is 0 Å². The molecular weight excluding hydrogens is 447 g/mol. The normalized spacial score (nSPS) is 19.6. The number of nitrogens with zero attached hydrogens (tertiary/aromatic N) is 3. The van der Waals surface area contributed by atoms with Gasteiger partial charge in [0, 0.05) is 51.5 Å². The molecule has 7 nitrogen and oxygen atoms in total. The number of esters is 1. The first-order valence-corrected chi connectivity index (χ1v) is 12.2. The van der Waals surface area contributed by atoms with Gasteiger partial charge in [-0.1, -0.05) is 42.5 Å². The summed E-state index contributed by atoms with van der Waals surface area (Å²) in [4.78, 5) is 32.5. The summed E-state index contributed by atoms with van der Waals surface area (Å²) in [6.07, 6.45) is 0. The number of urea groups is 1. The Morgan fingerprint density at radius 3 is 2.20 bits per heavy atom. The molecule has 0 saturated carbocycles. The molecule has 186 valence electrons. The van der Waals surface area contributed by atoms with Crippen molar-refractivity contribution in [1.82, 2.24) is 20.0 Å². The third-order valence-corrected chi connectivity index (χ3v) is 6.54. The maximum atomic E-state index is 13.6. The number of piperazine rings is 1. The lowest BCUT2D eigenvalue weighted by molar-refractivity contribution is -0.139. The fourth-order valence-electron chi connectivity index (χ4n) is 4.72. The summed E-state index contributed by atoms with van der Waals surface area (Å²) in [6, 6.07) is 15.3. The molecule has 1 atom stereocenters.